The summed E-state index contributed by atoms with van der Waals surface area (Å²) in [6.45, 7) is 1.33. The van der Waals surface area contributed by atoms with Crippen molar-refractivity contribution in [2.75, 3.05) is 20.3 Å². The first kappa shape index (κ1) is 13.5. The topological polar surface area (TPSA) is 36.9 Å². The average molecular weight is 322 g/mol. The van der Waals surface area contributed by atoms with E-state index >= 15 is 0 Å². The number of halogens is 1. The highest BCUT2D eigenvalue weighted by atomic mass is 35.5. The molecule has 1 aromatic carbocycles. The van der Waals surface area contributed by atoms with Crippen LogP contribution in [0.25, 0.3) is 5.70 Å². The molecule has 1 N–H and O–H groups in total. The molecule has 1 saturated carbocycles. The molecule has 0 radical (unpaired) electrons. The molecule has 2 atom stereocenters. The standard InChI is InChI=1S/C15H16ClN3OS/c1-20-7-6-17-14-18-19-13(8-10-9-15(10,19)21-14)11-4-2-3-5-12(11)16/h2-5,8,10H,6-7,9H2,1H3,(H,17,18). The number of hydrogen-bond donors (Lipinski definition) is 1. The molecule has 21 heavy (non-hydrogen) atoms. The third-order valence-electron chi connectivity index (χ3n) is 4.09. The first-order valence-corrected chi connectivity index (χ1v) is 8.20. The van der Waals surface area contributed by atoms with Gasteiger partial charge in [0.25, 0.3) is 0 Å². The summed E-state index contributed by atoms with van der Waals surface area (Å²) in [5.41, 5.74) is 5.68. The van der Waals surface area contributed by atoms with Gasteiger partial charge in [-0.05, 0) is 12.5 Å². The van der Waals surface area contributed by atoms with E-state index in [4.69, 9.17) is 16.3 Å². The molecule has 2 aliphatic heterocycles. The third kappa shape index (κ3) is 2.06. The number of hydrazine groups is 1. The summed E-state index contributed by atoms with van der Waals surface area (Å²) in [6, 6.07) is 7.99. The Morgan fingerprint density at radius 1 is 1.52 bits per heavy atom. The summed E-state index contributed by atoms with van der Waals surface area (Å²) < 4.78 is 5.05. The number of nitrogens with zero attached hydrogens (tertiary/aromatic N) is 2. The minimum Gasteiger partial charge on any atom is -0.383 e. The van der Waals surface area contributed by atoms with Gasteiger partial charge in [-0.2, -0.15) is 0 Å². The van der Waals surface area contributed by atoms with Crippen LogP contribution in [0.3, 0.4) is 0 Å². The Balaban J connectivity index is 1.59. The number of aliphatic imine (C=N–C) groups is 1. The van der Waals surface area contributed by atoms with Crippen LogP contribution in [0.4, 0.5) is 0 Å². The van der Waals surface area contributed by atoms with Crippen molar-refractivity contribution < 1.29 is 4.74 Å². The molecule has 1 saturated heterocycles. The summed E-state index contributed by atoms with van der Waals surface area (Å²) in [6.07, 6.45) is 3.50. The van der Waals surface area contributed by atoms with Crippen molar-refractivity contribution in [1.82, 2.24) is 10.4 Å². The zero-order valence-corrected chi connectivity index (χ0v) is 13.2. The highest BCUT2D eigenvalue weighted by Crippen LogP contribution is 2.66. The fraction of sp³-hybridized carbons (Fsp3) is 0.400. The van der Waals surface area contributed by atoms with Gasteiger partial charge in [0.1, 0.15) is 4.87 Å². The van der Waals surface area contributed by atoms with Crippen LogP contribution >= 0.6 is 23.4 Å². The maximum atomic E-state index is 6.34. The number of thioether (sulfide) groups is 1. The Morgan fingerprint density at radius 2 is 2.38 bits per heavy atom. The second-order valence-electron chi connectivity index (χ2n) is 5.42. The van der Waals surface area contributed by atoms with Gasteiger partial charge in [0.2, 0.25) is 0 Å². The van der Waals surface area contributed by atoms with Crippen molar-refractivity contribution in [2.45, 2.75) is 11.3 Å². The second kappa shape index (κ2) is 4.93. The molecule has 0 aromatic heterocycles. The zero-order chi connectivity index (χ0) is 14.4. The Bertz CT molecular complexity index is 648. The largest absolute Gasteiger partial charge is 0.383 e. The molecule has 4 rings (SSSR count). The predicted octanol–water partition coefficient (Wildman–Crippen LogP) is 2.97. The smallest absolute Gasteiger partial charge is 0.178 e. The van der Waals surface area contributed by atoms with Crippen LogP contribution in [-0.2, 0) is 4.74 Å². The Morgan fingerprint density at radius 3 is 3.19 bits per heavy atom. The van der Waals surface area contributed by atoms with Crippen molar-refractivity contribution in [2.24, 2.45) is 10.9 Å². The summed E-state index contributed by atoms with van der Waals surface area (Å²) in [4.78, 5) is 4.68. The SMILES string of the molecule is COCCN=C1NN2C(c3ccccc3Cl)=CC3CC32S1. The maximum absolute atomic E-state index is 6.34. The molecule has 110 valence electrons. The summed E-state index contributed by atoms with van der Waals surface area (Å²) in [5, 5.41) is 4.01. The molecule has 1 aromatic rings. The molecule has 2 heterocycles. The van der Waals surface area contributed by atoms with E-state index in [0.29, 0.717) is 19.1 Å². The van der Waals surface area contributed by atoms with Crippen molar-refractivity contribution >= 4 is 34.2 Å². The molecule has 1 aliphatic carbocycles. The fourth-order valence-electron chi connectivity index (χ4n) is 2.96. The third-order valence-corrected chi connectivity index (χ3v) is 5.84. The molecule has 4 nitrogen and oxygen atoms in total. The second-order valence-corrected chi connectivity index (χ2v) is 7.12. The van der Waals surface area contributed by atoms with Crippen molar-refractivity contribution in [3.63, 3.8) is 0 Å². The van der Waals surface area contributed by atoms with E-state index in [0.717, 1.165) is 15.8 Å². The Labute approximate surface area is 133 Å². The minimum absolute atomic E-state index is 0.125. The lowest BCUT2D eigenvalue weighted by Gasteiger charge is -2.24. The van der Waals surface area contributed by atoms with Crippen molar-refractivity contribution in [1.29, 1.82) is 0 Å². The number of hydrogen-bond acceptors (Lipinski definition) is 4. The number of amidine groups is 1. The predicted molar refractivity (Wildman–Crippen MR) is 87.0 cm³/mol. The van der Waals surface area contributed by atoms with Crippen LogP contribution in [0, 0.1) is 5.92 Å². The quantitative estimate of drug-likeness (QED) is 0.865. The Kier molecular flexibility index (Phi) is 3.17. The van der Waals surface area contributed by atoms with E-state index < -0.39 is 0 Å². The molecule has 1 spiro atoms. The Hall–Kier alpha value is -1.17. The molecular formula is C15H16ClN3OS. The van der Waals surface area contributed by atoms with E-state index in [2.05, 4.69) is 27.6 Å². The van der Waals surface area contributed by atoms with Gasteiger partial charge in [-0.25, -0.2) is 0 Å². The molecule has 2 unspecified atom stereocenters. The maximum Gasteiger partial charge on any atom is 0.178 e. The molecule has 6 heteroatoms. The molecular weight excluding hydrogens is 306 g/mol. The molecule has 2 fully saturated rings. The van der Waals surface area contributed by atoms with Crippen LogP contribution < -0.4 is 5.43 Å². The minimum atomic E-state index is 0.125. The summed E-state index contributed by atoms with van der Waals surface area (Å²) >= 11 is 8.17. The van der Waals surface area contributed by atoms with Gasteiger partial charge in [-0.3, -0.25) is 15.4 Å². The first-order valence-electron chi connectivity index (χ1n) is 7.00. The normalized spacial score (nSPS) is 31.0. The summed E-state index contributed by atoms with van der Waals surface area (Å²) in [7, 11) is 1.70. The highest BCUT2D eigenvalue weighted by molar-refractivity contribution is 8.15. The van der Waals surface area contributed by atoms with E-state index in [1.54, 1.807) is 7.11 Å². The van der Waals surface area contributed by atoms with Crippen LogP contribution in [0.1, 0.15) is 12.0 Å². The summed E-state index contributed by atoms with van der Waals surface area (Å²) in [5.74, 6) is 0.580. The lowest BCUT2D eigenvalue weighted by molar-refractivity contribution is 0.208. The van der Waals surface area contributed by atoms with Crippen molar-refractivity contribution in [3.8, 4) is 0 Å². The van der Waals surface area contributed by atoms with Gasteiger partial charge >= 0.3 is 0 Å². The van der Waals surface area contributed by atoms with Crippen LogP contribution in [0.15, 0.2) is 35.3 Å². The van der Waals surface area contributed by atoms with Crippen molar-refractivity contribution in [3.05, 3.63) is 40.9 Å². The fourth-order valence-corrected chi connectivity index (χ4v) is 4.54. The van der Waals surface area contributed by atoms with E-state index in [9.17, 15) is 0 Å². The molecule has 3 aliphatic rings. The molecule has 0 bridgehead atoms. The number of methoxy groups -OCH3 is 1. The lowest BCUT2D eigenvalue weighted by Crippen LogP contribution is -2.36. The van der Waals surface area contributed by atoms with E-state index in [-0.39, 0.29) is 4.87 Å². The van der Waals surface area contributed by atoms with E-state index in [1.807, 2.05) is 30.0 Å². The number of benzene rings is 1. The number of rotatable bonds is 4. The van der Waals surface area contributed by atoms with Gasteiger partial charge in [0, 0.05) is 23.6 Å². The van der Waals surface area contributed by atoms with Gasteiger partial charge in [0.15, 0.2) is 5.17 Å². The van der Waals surface area contributed by atoms with Gasteiger partial charge in [0.05, 0.1) is 18.8 Å². The van der Waals surface area contributed by atoms with Gasteiger partial charge < -0.3 is 4.74 Å². The zero-order valence-electron chi connectivity index (χ0n) is 11.7. The van der Waals surface area contributed by atoms with Crippen LogP contribution in [0.2, 0.25) is 5.02 Å². The first-order chi connectivity index (χ1) is 10.2. The van der Waals surface area contributed by atoms with E-state index in [1.165, 1.54) is 12.1 Å². The van der Waals surface area contributed by atoms with Crippen LogP contribution in [0.5, 0.6) is 0 Å². The lowest BCUT2D eigenvalue weighted by atomic mass is 10.1. The van der Waals surface area contributed by atoms with Gasteiger partial charge in [-0.15, -0.1) is 0 Å². The number of ether oxygens (including phenoxy) is 1. The van der Waals surface area contributed by atoms with Gasteiger partial charge in [-0.1, -0.05) is 47.6 Å². The molecule has 0 amide bonds. The monoisotopic (exact) mass is 321 g/mol. The number of nitrogens with one attached hydrogen (secondary N) is 1. The van der Waals surface area contributed by atoms with Crippen LogP contribution in [-0.4, -0.2) is 35.3 Å². The average Bonchev–Trinajstić information content (AvgIpc) is 2.88. The highest BCUT2D eigenvalue weighted by Gasteiger charge is 2.67.